The van der Waals surface area contributed by atoms with Crippen LogP contribution in [0.5, 0.6) is 0 Å². The maximum atomic E-state index is 12.1. The Kier molecular flexibility index (Phi) is 8.59. The van der Waals surface area contributed by atoms with Gasteiger partial charge in [0.15, 0.2) is 0 Å². The zero-order valence-corrected chi connectivity index (χ0v) is 16.6. The van der Waals surface area contributed by atoms with Crippen molar-refractivity contribution in [1.82, 2.24) is 4.90 Å². The van der Waals surface area contributed by atoms with Gasteiger partial charge in [-0.25, -0.2) is 4.79 Å². The van der Waals surface area contributed by atoms with Crippen LogP contribution in [0.1, 0.15) is 38.0 Å². The average molecular weight is 378 g/mol. The van der Waals surface area contributed by atoms with Gasteiger partial charge in [0, 0.05) is 23.9 Å². The highest BCUT2D eigenvalue weighted by molar-refractivity contribution is 8.00. The molecule has 0 aliphatic rings. The van der Waals surface area contributed by atoms with Crippen LogP contribution in [0.2, 0.25) is 5.02 Å². The fourth-order valence-corrected chi connectivity index (χ4v) is 3.88. The molecule has 130 valence electrons. The number of amides is 1. The molecule has 0 aliphatic carbocycles. The number of carbonyl (C=O) groups is 1. The molecule has 0 aromatic heterocycles. The van der Waals surface area contributed by atoms with Crippen molar-refractivity contribution in [3.8, 4) is 0 Å². The summed E-state index contributed by atoms with van der Waals surface area (Å²) >= 11 is 14.0. The molecule has 0 radical (unpaired) electrons. The van der Waals surface area contributed by atoms with Gasteiger partial charge in [0.25, 0.3) is 0 Å². The maximum absolute atomic E-state index is 12.1. The van der Waals surface area contributed by atoms with Gasteiger partial charge >= 0.3 is 6.09 Å². The molecular formula is C17H25Cl2NO2S. The quantitative estimate of drug-likeness (QED) is 0.561. The third kappa shape index (κ3) is 6.82. The molecule has 1 rings (SSSR count). The minimum atomic E-state index is -0.295. The van der Waals surface area contributed by atoms with Crippen molar-refractivity contribution >= 4 is 41.1 Å². The third-order valence-corrected chi connectivity index (χ3v) is 5.42. The first-order valence-corrected chi connectivity index (χ1v) is 9.53. The van der Waals surface area contributed by atoms with E-state index in [0.717, 1.165) is 11.3 Å². The van der Waals surface area contributed by atoms with E-state index in [0.29, 0.717) is 10.9 Å². The summed E-state index contributed by atoms with van der Waals surface area (Å²) in [6.45, 7) is 7.88. The van der Waals surface area contributed by atoms with Gasteiger partial charge in [-0.3, -0.25) is 0 Å². The van der Waals surface area contributed by atoms with Crippen molar-refractivity contribution in [3.63, 3.8) is 0 Å². The van der Waals surface area contributed by atoms with Crippen LogP contribution in [0, 0.1) is 5.92 Å². The summed E-state index contributed by atoms with van der Waals surface area (Å²) in [5.74, 6) is 1.04. The lowest BCUT2D eigenvalue weighted by Crippen LogP contribution is -2.43. The molecule has 0 spiro atoms. The molecule has 1 aromatic carbocycles. The molecule has 0 aliphatic heterocycles. The zero-order valence-electron chi connectivity index (χ0n) is 14.3. The van der Waals surface area contributed by atoms with Crippen LogP contribution in [0.4, 0.5) is 4.79 Å². The summed E-state index contributed by atoms with van der Waals surface area (Å²) in [7, 11) is 1.78. The van der Waals surface area contributed by atoms with E-state index < -0.39 is 0 Å². The summed E-state index contributed by atoms with van der Waals surface area (Å²) in [5, 5.41) is 0.693. The van der Waals surface area contributed by atoms with Gasteiger partial charge in [-0.05, 0) is 37.5 Å². The van der Waals surface area contributed by atoms with E-state index in [2.05, 4.69) is 13.8 Å². The van der Waals surface area contributed by atoms with Crippen LogP contribution >= 0.6 is 35.0 Å². The maximum Gasteiger partial charge on any atom is 0.410 e. The van der Waals surface area contributed by atoms with Gasteiger partial charge in [0.1, 0.15) is 4.71 Å². The molecule has 0 N–H and O–H groups in total. The Bertz CT molecular complexity index is 494. The van der Waals surface area contributed by atoms with Crippen molar-refractivity contribution in [2.24, 2.45) is 5.92 Å². The number of halogens is 2. The number of ether oxygens (including phenoxy) is 1. The number of rotatable bonds is 7. The minimum Gasteiger partial charge on any atom is -0.447 e. The van der Waals surface area contributed by atoms with E-state index >= 15 is 0 Å². The van der Waals surface area contributed by atoms with Gasteiger partial charge in [0.05, 0.1) is 6.10 Å². The van der Waals surface area contributed by atoms with Gasteiger partial charge in [-0.2, -0.15) is 0 Å². The molecule has 23 heavy (non-hydrogen) atoms. The normalized spacial score (nSPS) is 14.0. The van der Waals surface area contributed by atoms with Crippen molar-refractivity contribution in [2.45, 2.75) is 44.5 Å². The lowest BCUT2D eigenvalue weighted by Gasteiger charge is -2.31. The van der Waals surface area contributed by atoms with E-state index in [1.807, 2.05) is 38.1 Å². The van der Waals surface area contributed by atoms with Crippen molar-refractivity contribution in [1.29, 1.82) is 0 Å². The Labute approximate surface area is 153 Å². The van der Waals surface area contributed by atoms with Crippen LogP contribution in [-0.2, 0) is 4.74 Å². The smallest absolute Gasteiger partial charge is 0.410 e. The highest BCUT2D eigenvalue weighted by Gasteiger charge is 2.26. The first-order valence-electron chi connectivity index (χ1n) is 7.67. The first-order chi connectivity index (χ1) is 10.7. The second-order valence-electron chi connectivity index (χ2n) is 6.06. The summed E-state index contributed by atoms with van der Waals surface area (Å²) < 4.78 is 5.10. The molecule has 0 saturated heterocycles. The highest BCUT2D eigenvalue weighted by Crippen LogP contribution is 2.35. The van der Waals surface area contributed by atoms with Gasteiger partial charge < -0.3 is 9.64 Å². The van der Waals surface area contributed by atoms with Crippen LogP contribution < -0.4 is 0 Å². The standard InChI is InChI=1S/C17H25Cl2NO2S/c1-11(2)15(20(5)17(21)22-12(3)4)10-23-16(19)13-6-8-14(18)9-7-13/h6-9,11-12,15-16H,10H2,1-5H3/t15-,16?/m1/s1. The van der Waals surface area contributed by atoms with Crippen LogP contribution in [-0.4, -0.2) is 35.9 Å². The lowest BCUT2D eigenvalue weighted by atomic mass is 10.1. The molecule has 0 fully saturated rings. The number of hydrogen-bond donors (Lipinski definition) is 0. The van der Waals surface area contributed by atoms with E-state index in [4.69, 9.17) is 27.9 Å². The molecule has 3 nitrogen and oxygen atoms in total. The fourth-order valence-electron chi connectivity index (χ4n) is 2.07. The predicted molar refractivity (Wildman–Crippen MR) is 101 cm³/mol. The highest BCUT2D eigenvalue weighted by atomic mass is 35.5. The average Bonchev–Trinajstić information content (AvgIpc) is 2.46. The third-order valence-electron chi connectivity index (χ3n) is 3.44. The molecule has 6 heteroatoms. The zero-order chi connectivity index (χ0) is 17.6. The van der Waals surface area contributed by atoms with Crippen LogP contribution in [0.15, 0.2) is 24.3 Å². The summed E-state index contributed by atoms with van der Waals surface area (Å²) in [6, 6.07) is 7.57. The second-order valence-corrected chi connectivity index (χ2v) is 8.33. The van der Waals surface area contributed by atoms with Crippen molar-refractivity contribution in [3.05, 3.63) is 34.9 Å². The van der Waals surface area contributed by atoms with E-state index in [-0.39, 0.29) is 22.9 Å². The van der Waals surface area contributed by atoms with Gasteiger partial charge in [-0.1, -0.05) is 37.6 Å². The second kappa shape index (κ2) is 9.65. The van der Waals surface area contributed by atoms with Crippen LogP contribution in [0.3, 0.4) is 0 Å². The molecule has 1 aromatic rings. The number of hydrogen-bond acceptors (Lipinski definition) is 3. The van der Waals surface area contributed by atoms with Crippen LogP contribution in [0.25, 0.3) is 0 Å². The number of nitrogens with zero attached hydrogens (tertiary/aromatic N) is 1. The monoisotopic (exact) mass is 377 g/mol. The molecule has 0 bridgehead atoms. The largest absolute Gasteiger partial charge is 0.447 e. The van der Waals surface area contributed by atoms with E-state index in [9.17, 15) is 4.79 Å². The lowest BCUT2D eigenvalue weighted by molar-refractivity contribution is 0.0689. The fraction of sp³-hybridized carbons (Fsp3) is 0.588. The molecule has 2 atom stereocenters. The number of benzene rings is 1. The predicted octanol–water partition coefficient (Wildman–Crippen LogP) is 5.81. The molecule has 0 heterocycles. The SMILES string of the molecule is CC(C)OC(=O)N(C)[C@H](CSC(Cl)c1ccc(Cl)cc1)C(C)C. The molecule has 1 unspecified atom stereocenters. The Morgan fingerprint density at radius 1 is 1.22 bits per heavy atom. The Morgan fingerprint density at radius 2 is 1.78 bits per heavy atom. The Hall–Kier alpha value is -0.580. The number of thioether (sulfide) groups is 1. The molecular weight excluding hydrogens is 353 g/mol. The van der Waals surface area contributed by atoms with Crippen molar-refractivity contribution in [2.75, 3.05) is 12.8 Å². The van der Waals surface area contributed by atoms with Crippen molar-refractivity contribution < 1.29 is 9.53 Å². The number of alkyl halides is 1. The Balaban J connectivity index is 2.65. The molecule has 0 saturated carbocycles. The van der Waals surface area contributed by atoms with Gasteiger partial charge in [0.2, 0.25) is 0 Å². The first kappa shape index (κ1) is 20.5. The Morgan fingerprint density at radius 3 is 2.26 bits per heavy atom. The summed E-state index contributed by atoms with van der Waals surface area (Å²) in [4.78, 5) is 13.8. The van der Waals surface area contributed by atoms with Gasteiger partial charge in [-0.15, -0.1) is 23.4 Å². The number of carbonyl (C=O) groups excluding carboxylic acids is 1. The van der Waals surface area contributed by atoms with E-state index in [1.165, 1.54) is 0 Å². The molecule has 1 amide bonds. The van der Waals surface area contributed by atoms with E-state index in [1.54, 1.807) is 23.7 Å². The topological polar surface area (TPSA) is 29.5 Å². The summed E-state index contributed by atoms with van der Waals surface area (Å²) in [6.07, 6.45) is -0.419. The minimum absolute atomic E-state index is 0.0554. The summed E-state index contributed by atoms with van der Waals surface area (Å²) in [5.41, 5.74) is 1.01.